The number of amides is 2. The van der Waals surface area contributed by atoms with Crippen molar-refractivity contribution in [2.24, 2.45) is 17.8 Å². The Balaban J connectivity index is 1.38. The number of unbranched alkanes of at least 4 members (excludes halogenated alkanes) is 3. The Kier molecular flexibility index (Phi) is 14.7. The van der Waals surface area contributed by atoms with Gasteiger partial charge in [-0.25, -0.2) is 14.8 Å². The summed E-state index contributed by atoms with van der Waals surface area (Å²) in [6.45, 7) is 3.40. The topological polar surface area (TPSA) is 172 Å². The molecular weight excluding hydrogens is 642 g/mol. The Hall–Kier alpha value is -5.34. The van der Waals surface area contributed by atoms with Crippen LogP contribution in [0.15, 0.2) is 71.9 Å². The molecule has 0 spiro atoms. The molecule has 0 aliphatic carbocycles. The molecule has 0 bridgehead atoms. The molecule has 0 unspecified atom stereocenters. The van der Waals surface area contributed by atoms with Crippen molar-refractivity contribution < 1.29 is 33.3 Å². The van der Waals surface area contributed by atoms with Crippen molar-refractivity contribution in [2.75, 3.05) is 50.5 Å². The number of nitrogens with two attached hydrogens (primary N) is 1. The molecule has 14 heteroatoms. The van der Waals surface area contributed by atoms with E-state index in [2.05, 4.69) is 22.2 Å². The highest BCUT2D eigenvalue weighted by Gasteiger charge is 2.22. The number of carbonyl (C=O) groups is 3. The van der Waals surface area contributed by atoms with Crippen molar-refractivity contribution in [1.82, 2.24) is 14.5 Å². The summed E-state index contributed by atoms with van der Waals surface area (Å²) in [6, 6.07) is 17.7. The largest absolute Gasteiger partial charge is 0.448 e. The predicted molar refractivity (Wildman–Crippen MR) is 190 cm³/mol. The van der Waals surface area contributed by atoms with Crippen LogP contribution in [-0.4, -0.2) is 78.6 Å². The number of ether oxygens (including phenoxy) is 4. The van der Waals surface area contributed by atoms with Gasteiger partial charge in [0.15, 0.2) is 6.79 Å². The number of nitrogens with one attached hydrogen (secondary N) is 1. The van der Waals surface area contributed by atoms with Crippen LogP contribution < -0.4 is 16.0 Å². The molecule has 0 radical (unpaired) electrons. The van der Waals surface area contributed by atoms with E-state index in [4.69, 9.17) is 29.7 Å². The molecule has 0 aliphatic rings. The molecule has 0 saturated carbocycles. The van der Waals surface area contributed by atoms with Gasteiger partial charge in [-0.15, -0.1) is 0 Å². The standard InChI is InChI=1S/C36H45N7O7/c1-4-5-6-9-20-49-36(46)41-34(37)26-11-14-28(15-12-26)39-24-32-40-29-23-27(13-16-30(29)42(32)2)35(45)43(31-10-7-8-18-38-31)19-17-33(44)50-25-48-22-21-47-3/h7-8,10-16,18,23,39H,4-6,9,17,19-22,24-25H2,1-3H3,(H2,37,41,46). The number of methoxy groups -OCH3 is 1. The molecule has 50 heavy (non-hydrogen) atoms. The summed E-state index contributed by atoms with van der Waals surface area (Å²) >= 11 is 0. The third-order valence-electron chi connectivity index (χ3n) is 7.73. The highest BCUT2D eigenvalue weighted by Crippen LogP contribution is 2.21. The summed E-state index contributed by atoms with van der Waals surface area (Å²) in [6.07, 6.45) is 4.85. The van der Waals surface area contributed by atoms with Crippen LogP contribution in [-0.2, 0) is 37.3 Å². The number of benzene rings is 2. The van der Waals surface area contributed by atoms with Crippen molar-refractivity contribution in [1.29, 1.82) is 0 Å². The van der Waals surface area contributed by atoms with Crippen LogP contribution in [0.4, 0.5) is 16.3 Å². The number of anilines is 2. The second-order valence-electron chi connectivity index (χ2n) is 11.3. The number of imidazole rings is 1. The number of hydrogen-bond donors (Lipinski definition) is 2. The Morgan fingerprint density at radius 2 is 1.76 bits per heavy atom. The predicted octanol–water partition coefficient (Wildman–Crippen LogP) is 5.20. The minimum atomic E-state index is -0.697. The van der Waals surface area contributed by atoms with Crippen molar-refractivity contribution in [3.05, 3.63) is 83.8 Å². The maximum atomic E-state index is 13.8. The first-order valence-corrected chi connectivity index (χ1v) is 16.6. The van der Waals surface area contributed by atoms with Gasteiger partial charge in [-0.1, -0.05) is 32.3 Å². The lowest BCUT2D eigenvalue weighted by molar-refractivity contribution is -0.156. The second-order valence-corrected chi connectivity index (χ2v) is 11.3. The summed E-state index contributed by atoms with van der Waals surface area (Å²) in [4.78, 5) is 52.5. The van der Waals surface area contributed by atoms with E-state index in [1.54, 1.807) is 55.8 Å². The van der Waals surface area contributed by atoms with Gasteiger partial charge in [0.25, 0.3) is 5.91 Å². The van der Waals surface area contributed by atoms with Gasteiger partial charge in [-0.3, -0.25) is 14.5 Å². The number of carbonyl (C=O) groups excluding carboxylic acids is 3. The van der Waals surface area contributed by atoms with Crippen LogP contribution in [0.3, 0.4) is 0 Å². The molecule has 4 aromatic rings. The van der Waals surface area contributed by atoms with E-state index >= 15 is 0 Å². The number of rotatable bonds is 19. The number of pyridine rings is 1. The number of aryl methyl sites for hydroxylation is 1. The lowest BCUT2D eigenvalue weighted by Gasteiger charge is -2.21. The van der Waals surface area contributed by atoms with E-state index in [0.29, 0.717) is 48.8 Å². The highest BCUT2D eigenvalue weighted by molar-refractivity contribution is 6.07. The Labute approximate surface area is 291 Å². The fourth-order valence-electron chi connectivity index (χ4n) is 4.94. The van der Waals surface area contributed by atoms with E-state index in [0.717, 1.165) is 42.7 Å². The molecule has 14 nitrogen and oxygen atoms in total. The zero-order valence-electron chi connectivity index (χ0n) is 28.8. The van der Waals surface area contributed by atoms with Gasteiger partial charge >= 0.3 is 12.1 Å². The van der Waals surface area contributed by atoms with Crippen LogP contribution in [0, 0.1) is 0 Å². The van der Waals surface area contributed by atoms with E-state index in [1.807, 2.05) is 29.8 Å². The van der Waals surface area contributed by atoms with Crippen molar-refractivity contribution >= 4 is 46.3 Å². The molecule has 0 saturated heterocycles. The van der Waals surface area contributed by atoms with Crippen LogP contribution in [0.1, 0.15) is 60.8 Å². The Morgan fingerprint density at radius 3 is 2.50 bits per heavy atom. The van der Waals surface area contributed by atoms with E-state index in [1.165, 1.54) is 4.90 Å². The molecular formula is C36H45N7O7. The average molecular weight is 688 g/mol. The normalized spacial score (nSPS) is 11.4. The van der Waals surface area contributed by atoms with Crippen LogP contribution in [0.25, 0.3) is 11.0 Å². The second kappa shape index (κ2) is 19.6. The van der Waals surface area contributed by atoms with Gasteiger partial charge in [0, 0.05) is 43.7 Å². The summed E-state index contributed by atoms with van der Waals surface area (Å²) in [5.41, 5.74) is 9.32. The minimum Gasteiger partial charge on any atom is -0.448 e. The Morgan fingerprint density at radius 1 is 0.960 bits per heavy atom. The van der Waals surface area contributed by atoms with Crippen LogP contribution in [0.2, 0.25) is 0 Å². The molecule has 0 fully saturated rings. The lowest BCUT2D eigenvalue weighted by Crippen LogP contribution is -2.34. The van der Waals surface area contributed by atoms with Crippen LogP contribution in [0.5, 0.6) is 0 Å². The van der Waals surface area contributed by atoms with Gasteiger partial charge in [-0.2, -0.15) is 4.99 Å². The molecule has 2 aromatic heterocycles. The molecule has 2 amide bonds. The number of esters is 1. The SMILES string of the molecule is CCCCCCOC(=O)/N=C(\N)c1ccc(NCc2nc3cc(C(=O)N(CCC(=O)OCOCCOC)c4ccccn4)ccc3n2C)cc1. The average Bonchev–Trinajstić information content (AvgIpc) is 3.45. The number of fused-ring (bicyclic) bond motifs is 1. The van der Waals surface area contributed by atoms with Crippen molar-refractivity contribution in [3.63, 3.8) is 0 Å². The molecule has 0 atom stereocenters. The van der Waals surface area contributed by atoms with Crippen LogP contribution >= 0.6 is 0 Å². The maximum absolute atomic E-state index is 13.8. The highest BCUT2D eigenvalue weighted by atomic mass is 16.7. The zero-order valence-corrected chi connectivity index (χ0v) is 28.8. The first-order chi connectivity index (χ1) is 24.3. The first kappa shape index (κ1) is 37.5. The number of aliphatic imine (C=N–C) groups is 1. The van der Waals surface area contributed by atoms with E-state index < -0.39 is 12.1 Å². The van der Waals surface area contributed by atoms with Gasteiger partial charge in [0.1, 0.15) is 17.5 Å². The van der Waals surface area contributed by atoms with Crippen molar-refractivity contribution in [3.8, 4) is 0 Å². The summed E-state index contributed by atoms with van der Waals surface area (Å²) in [5, 5.41) is 3.35. The summed E-state index contributed by atoms with van der Waals surface area (Å²) in [5.74, 6) is 0.398. The Bertz CT molecular complexity index is 1730. The van der Waals surface area contributed by atoms with Gasteiger partial charge in [0.05, 0.1) is 43.8 Å². The fraction of sp³-hybridized carbons (Fsp3) is 0.389. The number of amidine groups is 1. The van der Waals surface area contributed by atoms with Gasteiger partial charge in [-0.05, 0) is 61.0 Å². The number of aromatic nitrogens is 3. The minimum absolute atomic E-state index is 0.0519. The molecule has 4 rings (SSSR count). The quantitative estimate of drug-likeness (QED) is 0.0436. The summed E-state index contributed by atoms with van der Waals surface area (Å²) in [7, 11) is 3.46. The van der Waals surface area contributed by atoms with Gasteiger partial charge < -0.3 is 34.6 Å². The fourth-order valence-corrected chi connectivity index (χ4v) is 4.94. The monoisotopic (exact) mass is 687 g/mol. The molecule has 2 heterocycles. The lowest BCUT2D eigenvalue weighted by atomic mass is 10.1. The molecule has 0 aliphatic heterocycles. The smallest absolute Gasteiger partial charge is 0.435 e. The van der Waals surface area contributed by atoms with Crippen molar-refractivity contribution in [2.45, 2.75) is 45.6 Å². The molecule has 2 aromatic carbocycles. The number of nitrogens with zero attached hydrogens (tertiary/aromatic N) is 5. The first-order valence-electron chi connectivity index (χ1n) is 16.6. The maximum Gasteiger partial charge on any atom is 0.435 e. The van der Waals surface area contributed by atoms with E-state index in [9.17, 15) is 14.4 Å². The van der Waals surface area contributed by atoms with E-state index in [-0.39, 0.29) is 31.5 Å². The third kappa shape index (κ3) is 11.1. The molecule has 3 N–H and O–H groups in total. The zero-order chi connectivity index (χ0) is 35.7. The summed E-state index contributed by atoms with van der Waals surface area (Å²) < 4.78 is 22.3. The number of hydrogen-bond acceptors (Lipinski definition) is 10. The molecule has 266 valence electrons. The van der Waals surface area contributed by atoms with Gasteiger partial charge in [0.2, 0.25) is 0 Å². The third-order valence-corrected chi connectivity index (χ3v) is 7.73.